The van der Waals surface area contributed by atoms with E-state index >= 15 is 0 Å². The van der Waals surface area contributed by atoms with Crippen LogP contribution >= 0.6 is 0 Å². The van der Waals surface area contributed by atoms with Gasteiger partial charge in [0.25, 0.3) is 0 Å². The van der Waals surface area contributed by atoms with Crippen LogP contribution < -0.4 is 10.6 Å². The van der Waals surface area contributed by atoms with Crippen LogP contribution in [0.5, 0.6) is 0 Å². The standard InChI is InChI=1S/C41H47N7O3/c1-26(2)36(47-40(50)51-6)39(49)48-22-10-14-35(48)38-44-25-34(46-38)29-16-15-27(32(23-29)28-17-19-30(20-18-28)41(3,4)5)11-7-8-12-31-24-43-37(45-31)33-13-9-21-42-33/h15-20,23-26,33,35-36,42H,9-10,13-14,21-22H2,1-6H3,(H,43,45)(H,44,46)(H,47,50)/t33?,35?,36-/m0/s1. The van der Waals surface area contributed by atoms with Crippen LogP contribution in [0.25, 0.3) is 22.4 Å². The zero-order valence-electron chi connectivity index (χ0n) is 30.3. The Bertz CT molecular complexity index is 1990. The van der Waals surface area contributed by atoms with Gasteiger partial charge in [-0.05, 0) is 90.1 Å². The van der Waals surface area contributed by atoms with Crippen LogP contribution in [-0.4, -0.2) is 63.1 Å². The Morgan fingerprint density at radius 2 is 1.69 bits per heavy atom. The van der Waals surface area contributed by atoms with Crippen LogP contribution in [0.1, 0.15) is 101 Å². The fraction of sp³-hybridized carbons (Fsp3) is 0.415. The molecular formula is C41H47N7O3. The number of rotatable bonds is 7. The van der Waals surface area contributed by atoms with Gasteiger partial charge in [0.1, 0.15) is 23.4 Å². The highest BCUT2D eigenvalue weighted by Crippen LogP contribution is 2.35. The molecule has 0 saturated carbocycles. The number of aromatic nitrogens is 4. The second kappa shape index (κ2) is 15.3. The second-order valence-electron chi connectivity index (χ2n) is 14.6. The minimum Gasteiger partial charge on any atom is -0.453 e. The average Bonchev–Trinajstić information content (AvgIpc) is 3.95. The first-order valence-corrected chi connectivity index (χ1v) is 17.8. The molecule has 2 aromatic heterocycles. The molecule has 2 aliphatic rings. The van der Waals surface area contributed by atoms with Crippen molar-refractivity contribution in [2.45, 2.75) is 83.8 Å². The molecule has 4 heterocycles. The van der Waals surface area contributed by atoms with Crippen LogP contribution in [0, 0.1) is 29.6 Å². The smallest absolute Gasteiger partial charge is 0.407 e. The van der Waals surface area contributed by atoms with Crippen molar-refractivity contribution in [3.05, 3.63) is 83.3 Å². The van der Waals surface area contributed by atoms with E-state index in [4.69, 9.17) is 9.72 Å². The second-order valence-corrected chi connectivity index (χ2v) is 14.6. The van der Waals surface area contributed by atoms with Crippen molar-refractivity contribution < 1.29 is 14.3 Å². The molecule has 2 unspecified atom stereocenters. The van der Waals surface area contributed by atoms with Crippen LogP contribution in [0.4, 0.5) is 4.79 Å². The summed E-state index contributed by atoms with van der Waals surface area (Å²) in [7, 11) is 1.30. The number of nitrogens with zero attached hydrogens (tertiary/aromatic N) is 3. The van der Waals surface area contributed by atoms with Gasteiger partial charge in [0.05, 0.1) is 37.3 Å². The van der Waals surface area contributed by atoms with E-state index in [1.807, 2.05) is 37.1 Å². The Balaban J connectivity index is 1.28. The zero-order chi connectivity index (χ0) is 36.1. The first-order valence-electron chi connectivity index (χ1n) is 17.8. The number of H-pyrrole nitrogens is 2. The molecule has 0 bridgehead atoms. The van der Waals surface area contributed by atoms with Crippen molar-refractivity contribution in [1.82, 2.24) is 35.5 Å². The van der Waals surface area contributed by atoms with Crippen molar-refractivity contribution in [2.24, 2.45) is 5.92 Å². The van der Waals surface area contributed by atoms with Crippen molar-refractivity contribution in [3.8, 4) is 46.1 Å². The third-order valence-corrected chi connectivity index (χ3v) is 9.67. The van der Waals surface area contributed by atoms with Gasteiger partial charge in [0.15, 0.2) is 0 Å². The topological polar surface area (TPSA) is 128 Å². The highest BCUT2D eigenvalue weighted by molar-refractivity contribution is 5.86. The normalized spacial score (nSPS) is 17.7. The Hall–Kier alpha value is -5.32. The Labute approximate surface area is 300 Å². The molecule has 2 aliphatic heterocycles. The Kier molecular flexibility index (Phi) is 10.6. The number of nitrogens with one attached hydrogen (secondary N) is 4. The molecule has 2 saturated heterocycles. The summed E-state index contributed by atoms with van der Waals surface area (Å²) in [5.74, 6) is 13.9. The molecule has 2 aromatic carbocycles. The molecule has 10 heteroatoms. The van der Waals surface area contributed by atoms with E-state index in [9.17, 15) is 9.59 Å². The number of carbonyl (C=O) groups excluding carboxylic acids is 2. The summed E-state index contributed by atoms with van der Waals surface area (Å²) in [6, 6.07) is 14.2. The molecule has 6 rings (SSSR count). The lowest BCUT2D eigenvalue weighted by Gasteiger charge is -2.30. The summed E-state index contributed by atoms with van der Waals surface area (Å²) in [6.07, 6.45) is 6.81. The monoisotopic (exact) mass is 685 g/mol. The van der Waals surface area contributed by atoms with E-state index in [0.717, 1.165) is 77.5 Å². The largest absolute Gasteiger partial charge is 0.453 e. The maximum absolute atomic E-state index is 13.7. The molecule has 2 amide bonds. The number of amides is 2. The molecule has 4 aromatic rings. The third-order valence-electron chi connectivity index (χ3n) is 9.67. The maximum atomic E-state index is 13.7. The van der Waals surface area contributed by atoms with Gasteiger partial charge in [0.2, 0.25) is 5.91 Å². The molecule has 264 valence electrons. The van der Waals surface area contributed by atoms with Crippen molar-refractivity contribution in [2.75, 3.05) is 20.2 Å². The molecule has 0 spiro atoms. The number of likely N-dealkylation sites (tertiary alicyclic amines) is 1. The highest BCUT2D eigenvalue weighted by Gasteiger charge is 2.37. The number of hydrogen-bond acceptors (Lipinski definition) is 6. The summed E-state index contributed by atoms with van der Waals surface area (Å²) in [4.78, 5) is 43.6. The molecule has 0 aliphatic carbocycles. The highest BCUT2D eigenvalue weighted by atomic mass is 16.5. The fourth-order valence-electron chi connectivity index (χ4n) is 6.75. The zero-order valence-corrected chi connectivity index (χ0v) is 30.3. The molecule has 10 nitrogen and oxygen atoms in total. The van der Waals surface area contributed by atoms with Gasteiger partial charge < -0.3 is 30.2 Å². The van der Waals surface area contributed by atoms with Crippen LogP contribution in [0.3, 0.4) is 0 Å². The van der Waals surface area contributed by atoms with Crippen LogP contribution in [0.2, 0.25) is 0 Å². The predicted molar refractivity (Wildman–Crippen MR) is 198 cm³/mol. The van der Waals surface area contributed by atoms with Crippen molar-refractivity contribution in [1.29, 1.82) is 0 Å². The van der Waals surface area contributed by atoms with Gasteiger partial charge in [-0.15, -0.1) is 0 Å². The minimum absolute atomic E-state index is 0.0331. The molecule has 51 heavy (non-hydrogen) atoms. The SMILES string of the molecule is COC(=O)N[C@H](C(=O)N1CCCC1c1ncc(-c2ccc(C#CC#Cc3cnc(C4CCCN4)[nH]3)c(-c3ccc(C(C)(C)C)cc3)c2)[nH]1)C(C)C. The number of alkyl carbamates (subject to hydrolysis) is 1. The number of aromatic amines is 2. The fourth-order valence-corrected chi connectivity index (χ4v) is 6.75. The van der Waals surface area contributed by atoms with Crippen LogP contribution in [-0.2, 0) is 14.9 Å². The van der Waals surface area contributed by atoms with E-state index in [1.54, 1.807) is 6.20 Å². The lowest BCUT2D eigenvalue weighted by Crippen LogP contribution is -2.51. The first-order chi connectivity index (χ1) is 24.5. The maximum Gasteiger partial charge on any atom is 0.407 e. The summed E-state index contributed by atoms with van der Waals surface area (Å²) in [5.41, 5.74) is 6.73. The van der Waals surface area contributed by atoms with E-state index in [2.05, 4.69) is 100 Å². The Morgan fingerprint density at radius 3 is 2.39 bits per heavy atom. The van der Waals surface area contributed by atoms with Crippen molar-refractivity contribution in [3.63, 3.8) is 0 Å². The molecular weight excluding hydrogens is 638 g/mol. The van der Waals surface area contributed by atoms with Gasteiger partial charge in [-0.2, -0.15) is 0 Å². The summed E-state index contributed by atoms with van der Waals surface area (Å²) in [6.45, 7) is 12.0. The lowest BCUT2D eigenvalue weighted by atomic mass is 9.86. The average molecular weight is 686 g/mol. The number of carbonyl (C=O) groups is 2. The first kappa shape index (κ1) is 35.5. The molecule has 4 N–H and O–H groups in total. The quantitative estimate of drug-likeness (QED) is 0.162. The molecule has 0 radical (unpaired) electrons. The van der Waals surface area contributed by atoms with Gasteiger partial charge >= 0.3 is 6.09 Å². The third kappa shape index (κ3) is 8.19. The summed E-state index contributed by atoms with van der Waals surface area (Å²) < 4.78 is 4.78. The summed E-state index contributed by atoms with van der Waals surface area (Å²) in [5, 5.41) is 6.17. The van der Waals surface area contributed by atoms with Crippen LogP contribution in [0.15, 0.2) is 54.9 Å². The predicted octanol–water partition coefficient (Wildman–Crippen LogP) is 6.64. The van der Waals surface area contributed by atoms with Gasteiger partial charge in [-0.1, -0.05) is 70.9 Å². The van der Waals surface area contributed by atoms with E-state index in [1.165, 1.54) is 12.7 Å². The molecule has 2 fully saturated rings. The van der Waals surface area contributed by atoms with E-state index in [-0.39, 0.29) is 29.3 Å². The van der Waals surface area contributed by atoms with Gasteiger partial charge in [0, 0.05) is 17.7 Å². The molecule has 3 atom stereocenters. The lowest BCUT2D eigenvalue weighted by molar-refractivity contribution is -0.135. The summed E-state index contributed by atoms with van der Waals surface area (Å²) >= 11 is 0. The van der Waals surface area contributed by atoms with E-state index < -0.39 is 12.1 Å². The minimum atomic E-state index is -0.691. The number of hydrogen-bond donors (Lipinski definition) is 4. The Morgan fingerprint density at radius 1 is 0.941 bits per heavy atom. The van der Waals surface area contributed by atoms with Gasteiger partial charge in [-0.25, -0.2) is 14.8 Å². The number of ether oxygens (including phenoxy) is 1. The van der Waals surface area contributed by atoms with Gasteiger partial charge in [-0.3, -0.25) is 4.79 Å². The number of benzene rings is 2. The number of methoxy groups -OCH3 is 1. The van der Waals surface area contributed by atoms with E-state index in [0.29, 0.717) is 6.54 Å². The van der Waals surface area contributed by atoms with Crippen molar-refractivity contribution >= 4 is 12.0 Å². The number of imidazole rings is 2.